The Morgan fingerprint density at radius 1 is 1.00 bits per heavy atom. The molecule has 3 aromatic carbocycles. The van der Waals surface area contributed by atoms with Gasteiger partial charge in [-0.05, 0) is 29.8 Å². The number of aromatic carboxylic acids is 1. The number of carboxylic acid groups (broad SMARTS) is 1. The number of para-hydroxylation sites is 1. The van der Waals surface area contributed by atoms with Crippen LogP contribution in [-0.4, -0.2) is 16.2 Å². The van der Waals surface area contributed by atoms with Crippen LogP contribution >= 0.6 is 0 Å². The van der Waals surface area contributed by atoms with E-state index in [1.54, 1.807) is 42.5 Å². The summed E-state index contributed by atoms with van der Waals surface area (Å²) in [6.45, 7) is 0.169. The fraction of sp³-hybridized carbons (Fsp3) is 0.0476. The molecule has 0 aliphatic heterocycles. The molecule has 6 nitrogen and oxygen atoms in total. The molecule has 1 heterocycles. The number of phenolic OH excluding ortho intramolecular Hbond substituents is 1. The predicted molar refractivity (Wildman–Crippen MR) is 99.4 cm³/mol. The van der Waals surface area contributed by atoms with Gasteiger partial charge >= 0.3 is 5.97 Å². The van der Waals surface area contributed by atoms with E-state index in [1.165, 1.54) is 18.2 Å². The van der Waals surface area contributed by atoms with E-state index in [-0.39, 0.29) is 34.3 Å². The standard InChI is InChI=1S/C21H14O6/c22-16-9-14(26-11-12-5-7-13(8-6-12)21(24)25)10-18-19(16)20(23)15-3-1-2-4-17(15)27-18/h1-10,22H,11H2,(H,24,25). The van der Waals surface area contributed by atoms with E-state index in [4.69, 9.17) is 14.3 Å². The molecule has 0 bridgehead atoms. The Bertz CT molecular complexity index is 1220. The molecular formula is C21H14O6. The van der Waals surface area contributed by atoms with E-state index in [1.807, 2.05) is 0 Å². The number of ether oxygens (including phenoxy) is 1. The maximum Gasteiger partial charge on any atom is 0.335 e. The van der Waals surface area contributed by atoms with Gasteiger partial charge in [-0.1, -0.05) is 24.3 Å². The van der Waals surface area contributed by atoms with Gasteiger partial charge in [0.25, 0.3) is 0 Å². The quantitative estimate of drug-likeness (QED) is 0.534. The Morgan fingerprint density at radius 2 is 1.74 bits per heavy atom. The van der Waals surface area contributed by atoms with Crippen molar-refractivity contribution in [3.8, 4) is 11.5 Å². The normalized spacial score (nSPS) is 11.0. The fourth-order valence-corrected chi connectivity index (χ4v) is 2.87. The third kappa shape index (κ3) is 3.08. The van der Waals surface area contributed by atoms with Crippen LogP contribution < -0.4 is 10.2 Å². The van der Waals surface area contributed by atoms with Crippen molar-refractivity contribution in [1.29, 1.82) is 0 Å². The summed E-state index contributed by atoms with van der Waals surface area (Å²) in [6.07, 6.45) is 0. The molecule has 6 heteroatoms. The smallest absolute Gasteiger partial charge is 0.335 e. The summed E-state index contributed by atoms with van der Waals surface area (Å²) >= 11 is 0. The Balaban J connectivity index is 1.67. The van der Waals surface area contributed by atoms with E-state index in [2.05, 4.69) is 0 Å². The molecule has 4 rings (SSSR count). The van der Waals surface area contributed by atoms with Crippen molar-refractivity contribution in [3.05, 3.63) is 82.0 Å². The number of benzene rings is 3. The monoisotopic (exact) mass is 362 g/mol. The molecule has 0 aliphatic rings. The zero-order valence-corrected chi connectivity index (χ0v) is 14.0. The largest absolute Gasteiger partial charge is 0.507 e. The van der Waals surface area contributed by atoms with Gasteiger partial charge in [-0.3, -0.25) is 4.79 Å². The number of carbonyl (C=O) groups is 1. The lowest BCUT2D eigenvalue weighted by Crippen LogP contribution is -2.03. The van der Waals surface area contributed by atoms with Crippen molar-refractivity contribution in [3.63, 3.8) is 0 Å². The first kappa shape index (κ1) is 16.7. The summed E-state index contributed by atoms with van der Waals surface area (Å²) in [6, 6.07) is 16.0. The highest BCUT2D eigenvalue weighted by atomic mass is 16.5. The summed E-state index contributed by atoms with van der Waals surface area (Å²) in [7, 11) is 0. The molecule has 2 N–H and O–H groups in total. The molecule has 134 valence electrons. The highest BCUT2D eigenvalue weighted by Crippen LogP contribution is 2.30. The maximum atomic E-state index is 12.6. The van der Waals surface area contributed by atoms with Crippen LogP contribution in [-0.2, 0) is 6.61 Å². The minimum Gasteiger partial charge on any atom is -0.507 e. The average molecular weight is 362 g/mol. The van der Waals surface area contributed by atoms with Crippen LogP contribution in [0.25, 0.3) is 21.9 Å². The Labute approximate surface area is 152 Å². The Hall–Kier alpha value is -3.80. The summed E-state index contributed by atoms with van der Waals surface area (Å²) in [5, 5.41) is 19.7. The molecule has 0 radical (unpaired) electrons. The van der Waals surface area contributed by atoms with Crippen LogP contribution in [0.15, 0.2) is 69.9 Å². The first-order valence-corrected chi connectivity index (χ1v) is 8.16. The molecule has 0 saturated carbocycles. The van der Waals surface area contributed by atoms with E-state index in [0.29, 0.717) is 16.7 Å². The highest BCUT2D eigenvalue weighted by molar-refractivity contribution is 5.93. The minimum absolute atomic E-state index is 0.104. The molecule has 27 heavy (non-hydrogen) atoms. The molecule has 0 fully saturated rings. The first-order valence-electron chi connectivity index (χ1n) is 8.16. The summed E-state index contributed by atoms with van der Waals surface area (Å²) in [5.74, 6) is -0.881. The van der Waals surface area contributed by atoms with Gasteiger partial charge in [0.15, 0.2) is 0 Å². The number of fused-ring (bicyclic) bond motifs is 2. The zero-order valence-electron chi connectivity index (χ0n) is 14.0. The van der Waals surface area contributed by atoms with E-state index in [0.717, 1.165) is 5.56 Å². The van der Waals surface area contributed by atoms with Gasteiger partial charge in [-0.15, -0.1) is 0 Å². The molecule has 0 atom stereocenters. The van der Waals surface area contributed by atoms with Crippen molar-refractivity contribution < 1.29 is 24.2 Å². The minimum atomic E-state index is -0.996. The van der Waals surface area contributed by atoms with Crippen LogP contribution in [0.3, 0.4) is 0 Å². The van der Waals surface area contributed by atoms with Crippen LogP contribution in [0, 0.1) is 0 Å². The molecule has 0 spiro atoms. The third-order valence-corrected chi connectivity index (χ3v) is 4.24. The lowest BCUT2D eigenvalue weighted by molar-refractivity contribution is 0.0697. The Kier molecular flexibility index (Phi) is 4.01. The SMILES string of the molecule is O=C(O)c1ccc(COc2cc(O)c3c(=O)c4ccccc4oc3c2)cc1. The van der Waals surface area contributed by atoms with Gasteiger partial charge in [0.2, 0.25) is 5.43 Å². The molecule has 1 aromatic heterocycles. The molecule has 4 aromatic rings. The summed E-state index contributed by atoms with van der Waals surface area (Å²) in [4.78, 5) is 23.5. The van der Waals surface area contributed by atoms with E-state index >= 15 is 0 Å². The van der Waals surface area contributed by atoms with Gasteiger partial charge in [0.1, 0.15) is 34.7 Å². The van der Waals surface area contributed by atoms with Crippen LogP contribution in [0.2, 0.25) is 0 Å². The van der Waals surface area contributed by atoms with Crippen LogP contribution in [0.1, 0.15) is 15.9 Å². The number of hydrogen-bond acceptors (Lipinski definition) is 5. The molecular weight excluding hydrogens is 348 g/mol. The topological polar surface area (TPSA) is 97.0 Å². The van der Waals surface area contributed by atoms with Crippen LogP contribution in [0.4, 0.5) is 0 Å². The number of phenols is 1. The number of aromatic hydroxyl groups is 1. The molecule has 0 unspecified atom stereocenters. The number of rotatable bonds is 4. The average Bonchev–Trinajstić information content (AvgIpc) is 2.66. The summed E-state index contributed by atoms with van der Waals surface area (Å²) < 4.78 is 11.4. The second-order valence-electron chi connectivity index (χ2n) is 6.03. The maximum absolute atomic E-state index is 12.6. The van der Waals surface area contributed by atoms with Crippen molar-refractivity contribution in [1.82, 2.24) is 0 Å². The van der Waals surface area contributed by atoms with Gasteiger partial charge in [0, 0.05) is 12.1 Å². The molecule has 0 aliphatic carbocycles. The first-order chi connectivity index (χ1) is 13.0. The second kappa shape index (κ2) is 6.49. The highest BCUT2D eigenvalue weighted by Gasteiger charge is 2.13. The predicted octanol–water partition coefficient (Wildman–Crippen LogP) is 3.93. The van der Waals surface area contributed by atoms with E-state index < -0.39 is 5.97 Å². The van der Waals surface area contributed by atoms with Gasteiger partial charge in [-0.2, -0.15) is 0 Å². The van der Waals surface area contributed by atoms with Crippen molar-refractivity contribution in [2.24, 2.45) is 0 Å². The molecule has 0 saturated heterocycles. The van der Waals surface area contributed by atoms with Crippen LogP contribution in [0.5, 0.6) is 11.5 Å². The lowest BCUT2D eigenvalue weighted by atomic mass is 10.1. The molecule has 0 amide bonds. The lowest BCUT2D eigenvalue weighted by Gasteiger charge is -2.09. The van der Waals surface area contributed by atoms with Gasteiger partial charge < -0.3 is 19.4 Å². The number of hydrogen-bond donors (Lipinski definition) is 2. The third-order valence-electron chi connectivity index (χ3n) is 4.24. The summed E-state index contributed by atoms with van der Waals surface area (Å²) in [5.41, 5.74) is 1.31. The second-order valence-corrected chi connectivity index (χ2v) is 6.03. The van der Waals surface area contributed by atoms with E-state index in [9.17, 15) is 14.7 Å². The van der Waals surface area contributed by atoms with Crippen molar-refractivity contribution in [2.75, 3.05) is 0 Å². The van der Waals surface area contributed by atoms with Gasteiger partial charge in [0.05, 0.1) is 10.9 Å². The van der Waals surface area contributed by atoms with Crippen molar-refractivity contribution >= 4 is 27.9 Å². The fourth-order valence-electron chi connectivity index (χ4n) is 2.87. The van der Waals surface area contributed by atoms with Gasteiger partial charge in [-0.25, -0.2) is 4.79 Å². The zero-order chi connectivity index (χ0) is 19.0. The Morgan fingerprint density at radius 3 is 2.48 bits per heavy atom. The number of carboxylic acids is 1. The van der Waals surface area contributed by atoms with Crippen molar-refractivity contribution in [2.45, 2.75) is 6.61 Å².